The molecule has 3 N–H and O–H groups in total. The van der Waals surface area contributed by atoms with Crippen LogP contribution in [0.25, 0.3) is 0 Å². The standard InChI is InChI=1S/C24H34N4O2/c1-6-18(4)30-22-13-17(3)11-12-21(22)16-28-24(26-7-2)27-15-19-9-8-10-20(14-19)23(29)25-5/h8-14,18H,6-7,15-16H2,1-5H3,(H,25,29)(H2,26,27,28). The van der Waals surface area contributed by atoms with Gasteiger partial charge in [-0.3, -0.25) is 4.79 Å². The molecule has 0 aliphatic heterocycles. The normalized spacial score (nSPS) is 12.2. The third kappa shape index (κ3) is 7.10. The number of aliphatic imine (C=N–C) groups is 1. The van der Waals surface area contributed by atoms with Gasteiger partial charge < -0.3 is 20.7 Å². The van der Waals surface area contributed by atoms with Crippen molar-refractivity contribution in [3.05, 3.63) is 64.7 Å². The SMILES string of the molecule is CCNC(=NCc1cccc(C(=O)NC)c1)NCc1ccc(C)cc1OC(C)CC. The summed E-state index contributed by atoms with van der Waals surface area (Å²) < 4.78 is 6.11. The average Bonchev–Trinajstić information content (AvgIpc) is 2.76. The molecule has 6 nitrogen and oxygen atoms in total. The molecular formula is C24H34N4O2. The largest absolute Gasteiger partial charge is 0.490 e. The van der Waals surface area contributed by atoms with Crippen molar-refractivity contribution >= 4 is 11.9 Å². The van der Waals surface area contributed by atoms with Gasteiger partial charge in [0.25, 0.3) is 5.91 Å². The molecule has 1 amide bonds. The predicted molar refractivity (Wildman–Crippen MR) is 123 cm³/mol. The van der Waals surface area contributed by atoms with Crippen LogP contribution in [0.5, 0.6) is 5.75 Å². The van der Waals surface area contributed by atoms with Crippen LogP contribution in [-0.4, -0.2) is 31.6 Å². The Kier molecular flexibility index (Phi) is 9.19. The molecule has 0 radical (unpaired) electrons. The van der Waals surface area contributed by atoms with E-state index in [1.54, 1.807) is 13.1 Å². The highest BCUT2D eigenvalue weighted by Gasteiger charge is 2.09. The van der Waals surface area contributed by atoms with E-state index in [-0.39, 0.29) is 12.0 Å². The van der Waals surface area contributed by atoms with Crippen LogP contribution in [0.4, 0.5) is 0 Å². The van der Waals surface area contributed by atoms with Gasteiger partial charge in [0, 0.05) is 31.3 Å². The van der Waals surface area contributed by atoms with Gasteiger partial charge in [-0.2, -0.15) is 0 Å². The summed E-state index contributed by atoms with van der Waals surface area (Å²) in [5.74, 6) is 1.53. The topological polar surface area (TPSA) is 74.8 Å². The fourth-order valence-electron chi connectivity index (χ4n) is 2.86. The number of ether oxygens (including phenoxy) is 1. The van der Waals surface area contributed by atoms with Crippen molar-refractivity contribution in [3.63, 3.8) is 0 Å². The molecule has 1 unspecified atom stereocenters. The third-order valence-corrected chi connectivity index (χ3v) is 4.75. The second-order valence-corrected chi connectivity index (χ2v) is 7.28. The van der Waals surface area contributed by atoms with Crippen LogP contribution in [0.3, 0.4) is 0 Å². The Morgan fingerprint density at radius 3 is 2.63 bits per heavy atom. The molecule has 0 heterocycles. The van der Waals surface area contributed by atoms with Gasteiger partial charge in [0.2, 0.25) is 0 Å². The molecule has 6 heteroatoms. The first-order valence-electron chi connectivity index (χ1n) is 10.6. The summed E-state index contributed by atoms with van der Waals surface area (Å²) in [4.78, 5) is 16.5. The smallest absolute Gasteiger partial charge is 0.251 e. The van der Waals surface area contributed by atoms with Crippen LogP contribution >= 0.6 is 0 Å². The van der Waals surface area contributed by atoms with Crippen molar-refractivity contribution in [1.29, 1.82) is 0 Å². The van der Waals surface area contributed by atoms with E-state index in [0.717, 1.165) is 35.8 Å². The van der Waals surface area contributed by atoms with Crippen molar-refractivity contribution in [3.8, 4) is 5.75 Å². The summed E-state index contributed by atoms with van der Waals surface area (Å²) in [5.41, 5.74) is 3.88. The highest BCUT2D eigenvalue weighted by Crippen LogP contribution is 2.22. The molecule has 0 saturated carbocycles. The molecular weight excluding hydrogens is 376 g/mol. The fraction of sp³-hybridized carbons (Fsp3) is 0.417. The first kappa shape index (κ1) is 23.3. The lowest BCUT2D eigenvalue weighted by molar-refractivity contribution is 0.0963. The second-order valence-electron chi connectivity index (χ2n) is 7.28. The monoisotopic (exact) mass is 410 g/mol. The van der Waals surface area contributed by atoms with Gasteiger partial charge in [0.1, 0.15) is 5.75 Å². The number of guanidine groups is 1. The summed E-state index contributed by atoms with van der Waals surface area (Å²) in [6, 6.07) is 13.8. The van der Waals surface area contributed by atoms with E-state index in [0.29, 0.717) is 18.7 Å². The maximum Gasteiger partial charge on any atom is 0.251 e. The van der Waals surface area contributed by atoms with E-state index in [2.05, 4.69) is 59.9 Å². The first-order chi connectivity index (χ1) is 14.5. The maximum atomic E-state index is 11.8. The minimum Gasteiger partial charge on any atom is -0.490 e. The molecule has 0 aliphatic rings. The van der Waals surface area contributed by atoms with Crippen LogP contribution in [0.1, 0.15) is 54.2 Å². The van der Waals surface area contributed by atoms with Crippen LogP contribution < -0.4 is 20.7 Å². The molecule has 2 rings (SSSR count). The summed E-state index contributed by atoms with van der Waals surface area (Å²) in [5, 5.41) is 9.31. The highest BCUT2D eigenvalue weighted by molar-refractivity contribution is 5.94. The summed E-state index contributed by atoms with van der Waals surface area (Å²) in [7, 11) is 1.63. The molecule has 0 spiro atoms. The second kappa shape index (κ2) is 11.9. The Labute approximate surface area is 180 Å². The van der Waals surface area contributed by atoms with Crippen molar-refractivity contribution in [1.82, 2.24) is 16.0 Å². The quantitative estimate of drug-likeness (QED) is 0.434. The minimum absolute atomic E-state index is 0.0981. The number of benzene rings is 2. The number of carbonyl (C=O) groups excluding carboxylic acids is 1. The van der Waals surface area contributed by atoms with Crippen LogP contribution in [0.15, 0.2) is 47.5 Å². The maximum absolute atomic E-state index is 11.8. The number of aryl methyl sites for hydroxylation is 1. The van der Waals surface area contributed by atoms with E-state index in [1.165, 1.54) is 5.56 Å². The third-order valence-electron chi connectivity index (χ3n) is 4.75. The summed E-state index contributed by atoms with van der Waals surface area (Å²) in [6.07, 6.45) is 1.13. The number of hydrogen-bond donors (Lipinski definition) is 3. The Morgan fingerprint density at radius 1 is 1.13 bits per heavy atom. The molecule has 0 aromatic heterocycles. The van der Waals surface area contributed by atoms with Crippen LogP contribution in [-0.2, 0) is 13.1 Å². The van der Waals surface area contributed by atoms with E-state index < -0.39 is 0 Å². The lowest BCUT2D eigenvalue weighted by Gasteiger charge is -2.18. The Hall–Kier alpha value is -3.02. The molecule has 0 fully saturated rings. The number of nitrogens with one attached hydrogen (secondary N) is 3. The highest BCUT2D eigenvalue weighted by atomic mass is 16.5. The number of rotatable bonds is 9. The van der Waals surface area contributed by atoms with Gasteiger partial charge in [0.05, 0.1) is 12.6 Å². The van der Waals surface area contributed by atoms with Gasteiger partial charge in [0.15, 0.2) is 5.96 Å². The van der Waals surface area contributed by atoms with Crippen molar-refractivity contribution in [2.75, 3.05) is 13.6 Å². The molecule has 0 bridgehead atoms. The molecule has 1 atom stereocenters. The van der Waals surface area contributed by atoms with Gasteiger partial charge in [-0.1, -0.05) is 31.2 Å². The number of amides is 1. The summed E-state index contributed by atoms with van der Waals surface area (Å²) >= 11 is 0. The van der Waals surface area contributed by atoms with Crippen molar-refractivity contribution < 1.29 is 9.53 Å². The Morgan fingerprint density at radius 2 is 1.93 bits per heavy atom. The van der Waals surface area contributed by atoms with E-state index >= 15 is 0 Å². The fourth-order valence-corrected chi connectivity index (χ4v) is 2.86. The number of hydrogen-bond acceptors (Lipinski definition) is 3. The van der Waals surface area contributed by atoms with Crippen LogP contribution in [0, 0.1) is 6.92 Å². The Bertz CT molecular complexity index is 864. The lowest BCUT2D eigenvalue weighted by Crippen LogP contribution is -2.37. The minimum atomic E-state index is -0.0981. The zero-order valence-electron chi connectivity index (χ0n) is 18.7. The molecule has 0 saturated heterocycles. The summed E-state index contributed by atoms with van der Waals surface area (Å²) in [6.45, 7) is 10.1. The average molecular weight is 411 g/mol. The zero-order chi connectivity index (χ0) is 21.9. The molecule has 162 valence electrons. The molecule has 2 aromatic carbocycles. The first-order valence-corrected chi connectivity index (χ1v) is 10.6. The Balaban J connectivity index is 2.10. The van der Waals surface area contributed by atoms with Gasteiger partial charge in [-0.05, 0) is 56.5 Å². The molecule has 2 aromatic rings. The van der Waals surface area contributed by atoms with Gasteiger partial charge in [-0.15, -0.1) is 0 Å². The van der Waals surface area contributed by atoms with E-state index in [1.807, 2.05) is 25.1 Å². The zero-order valence-corrected chi connectivity index (χ0v) is 18.7. The van der Waals surface area contributed by atoms with Crippen molar-refractivity contribution in [2.24, 2.45) is 4.99 Å². The molecule has 30 heavy (non-hydrogen) atoms. The molecule has 0 aliphatic carbocycles. The van der Waals surface area contributed by atoms with Crippen molar-refractivity contribution in [2.45, 2.75) is 53.3 Å². The predicted octanol–water partition coefficient (Wildman–Crippen LogP) is 3.79. The van der Waals surface area contributed by atoms with E-state index in [9.17, 15) is 4.79 Å². The lowest BCUT2D eigenvalue weighted by atomic mass is 10.1. The van der Waals surface area contributed by atoms with Gasteiger partial charge >= 0.3 is 0 Å². The van der Waals surface area contributed by atoms with Gasteiger partial charge in [-0.25, -0.2) is 4.99 Å². The number of carbonyl (C=O) groups is 1. The van der Waals surface area contributed by atoms with Crippen LogP contribution in [0.2, 0.25) is 0 Å². The number of nitrogens with zero attached hydrogens (tertiary/aromatic N) is 1. The van der Waals surface area contributed by atoms with E-state index in [4.69, 9.17) is 4.74 Å².